The van der Waals surface area contributed by atoms with Gasteiger partial charge in [-0.15, -0.1) is 0 Å². The highest BCUT2D eigenvalue weighted by Gasteiger charge is 2.27. The fraction of sp³-hybridized carbons (Fsp3) is 0.400. The lowest BCUT2D eigenvalue weighted by molar-refractivity contribution is 0.181. The molecule has 1 heterocycles. The minimum Gasteiger partial charge on any atom is -0.494 e. The van der Waals surface area contributed by atoms with Gasteiger partial charge in [-0.3, -0.25) is 4.90 Å². The van der Waals surface area contributed by atoms with E-state index in [0.717, 1.165) is 16.7 Å². The molecule has 1 aliphatic rings. The highest BCUT2D eigenvalue weighted by molar-refractivity contribution is 7.88. The van der Waals surface area contributed by atoms with Gasteiger partial charge in [-0.1, -0.05) is 30.3 Å². The van der Waals surface area contributed by atoms with E-state index >= 15 is 0 Å². The second kappa shape index (κ2) is 8.37. The summed E-state index contributed by atoms with van der Waals surface area (Å²) in [6.07, 6.45) is 0. The number of halogens is 1. The molecule has 3 rings (SSSR count). The van der Waals surface area contributed by atoms with E-state index in [1.165, 1.54) is 13.2 Å². The number of nitrogens with zero attached hydrogens (tertiary/aromatic N) is 2. The summed E-state index contributed by atoms with van der Waals surface area (Å²) in [7, 11) is -1.90. The van der Waals surface area contributed by atoms with Crippen molar-refractivity contribution in [2.75, 3.05) is 33.3 Å². The number of rotatable bonds is 6. The van der Waals surface area contributed by atoms with Gasteiger partial charge in [-0.05, 0) is 35.7 Å². The highest BCUT2D eigenvalue weighted by Crippen LogP contribution is 2.20. The first-order chi connectivity index (χ1) is 12.9. The zero-order valence-corrected chi connectivity index (χ0v) is 16.5. The molecule has 0 spiro atoms. The third-order valence-electron chi connectivity index (χ3n) is 4.95. The molecule has 0 bridgehead atoms. The summed E-state index contributed by atoms with van der Waals surface area (Å²) < 4.78 is 45.8. The van der Waals surface area contributed by atoms with Crippen molar-refractivity contribution in [3.8, 4) is 5.75 Å². The van der Waals surface area contributed by atoms with Gasteiger partial charge in [0.05, 0.1) is 12.9 Å². The van der Waals surface area contributed by atoms with Crippen molar-refractivity contribution in [2.24, 2.45) is 0 Å². The van der Waals surface area contributed by atoms with Crippen LogP contribution in [0.3, 0.4) is 0 Å². The van der Waals surface area contributed by atoms with Crippen molar-refractivity contribution in [1.29, 1.82) is 0 Å². The maximum atomic E-state index is 13.8. The van der Waals surface area contributed by atoms with Gasteiger partial charge in [0, 0.05) is 32.7 Å². The number of benzene rings is 2. The molecule has 1 saturated heterocycles. The van der Waals surface area contributed by atoms with Gasteiger partial charge in [0.15, 0.2) is 11.6 Å². The zero-order chi connectivity index (χ0) is 19.4. The minimum absolute atomic E-state index is 0.0311. The fourth-order valence-corrected chi connectivity index (χ4v) is 4.91. The molecule has 0 atom stereocenters. The summed E-state index contributed by atoms with van der Waals surface area (Å²) >= 11 is 0. The van der Waals surface area contributed by atoms with Crippen molar-refractivity contribution in [2.45, 2.75) is 19.2 Å². The molecule has 5 nitrogen and oxygen atoms in total. The van der Waals surface area contributed by atoms with Crippen molar-refractivity contribution in [3.05, 3.63) is 65.0 Å². The fourth-order valence-electron chi connectivity index (χ4n) is 3.29. The SMILES string of the molecule is COc1ccc(CN2CCN(S(=O)(=O)Cc3ccccc3C)CC2)cc1F. The Morgan fingerprint density at radius 2 is 1.78 bits per heavy atom. The van der Waals surface area contributed by atoms with Gasteiger partial charge in [0.25, 0.3) is 0 Å². The van der Waals surface area contributed by atoms with Gasteiger partial charge in [0.2, 0.25) is 10.0 Å². The van der Waals surface area contributed by atoms with E-state index in [4.69, 9.17) is 4.74 Å². The molecule has 2 aromatic rings. The summed E-state index contributed by atoms with van der Waals surface area (Å²) in [6.45, 7) is 4.67. The number of sulfonamides is 1. The Bertz CT molecular complexity index is 894. The number of hydrogen-bond acceptors (Lipinski definition) is 4. The Morgan fingerprint density at radius 3 is 2.41 bits per heavy atom. The molecule has 2 aromatic carbocycles. The average molecular weight is 392 g/mol. The van der Waals surface area contributed by atoms with Crippen molar-refractivity contribution in [3.63, 3.8) is 0 Å². The predicted molar refractivity (Wildman–Crippen MR) is 104 cm³/mol. The summed E-state index contributed by atoms with van der Waals surface area (Å²) in [6, 6.07) is 12.5. The molecule has 0 aliphatic carbocycles. The maximum absolute atomic E-state index is 13.8. The summed E-state index contributed by atoms with van der Waals surface area (Å²) in [5, 5.41) is 0. The van der Waals surface area contributed by atoms with E-state index in [-0.39, 0.29) is 17.3 Å². The smallest absolute Gasteiger partial charge is 0.218 e. The number of ether oxygens (including phenoxy) is 1. The summed E-state index contributed by atoms with van der Waals surface area (Å²) in [5.74, 6) is -0.121. The number of aryl methyl sites for hydroxylation is 1. The van der Waals surface area contributed by atoms with Crippen LogP contribution in [-0.4, -0.2) is 50.9 Å². The standard InChI is InChI=1S/C20H25FN2O3S/c1-16-5-3-4-6-18(16)15-27(24,25)23-11-9-22(10-12-23)14-17-7-8-20(26-2)19(21)13-17/h3-8,13H,9-12,14-15H2,1-2H3. The van der Waals surface area contributed by atoms with Crippen molar-refractivity contribution < 1.29 is 17.5 Å². The van der Waals surface area contributed by atoms with Gasteiger partial charge < -0.3 is 4.74 Å². The van der Waals surface area contributed by atoms with Crippen LogP contribution in [0.1, 0.15) is 16.7 Å². The molecule has 0 N–H and O–H groups in total. The number of hydrogen-bond donors (Lipinski definition) is 0. The van der Waals surface area contributed by atoms with Crippen LogP contribution in [0.2, 0.25) is 0 Å². The second-order valence-corrected chi connectivity index (χ2v) is 8.80. The Balaban J connectivity index is 1.58. The third-order valence-corrected chi connectivity index (χ3v) is 6.77. The molecule has 146 valence electrons. The van der Waals surface area contributed by atoms with Crippen LogP contribution in [0.4, 0.5) is 4.39 Å². The Hall–Kier alpha value is -1.96. The van der Waals surface area contributed by atoms with Crippen LogP contribution in [-0.2, 0) is 22.3 Å². The van der Waals surface area contributed by atoms with Crippen LogP contribution in [0.15, 0.2) is 42.5 Å². The van der Waals surface area contributed by atoms with Crippen LogP contribution >= 0.6 is 0 Å². The van der Waals surface area contributed by atoms with E-state index < -0.39 is 10.0 Å². The molecule has 7 heteroatoms. The third kappa shape index (κ3) is 4.86. The summed E-state index contributed by atoms with van der Waals surface area (Å²) in [5.41, 5.74) is 2.68. The lowest BCUT2D eigenvalue weighted by atomic mass is 10.1. The van der Waals surface area contributed by atoms with Crippen LogP contribution < -0.4 is 4.74 Å². The van der Waals surface area contributed by atoms with Crippen LogP contribution in [0, 0.1) is 12.7 Å². The van der Waals surface area contributed by atoms with E-state index in [0.29, 0.717) is 32.7 Å². The monoisotopic (exact) mass is 392 g/mol. The zero-order valence-electron chi connectivity index (χ0n) is 15.7. The highest BCUT2D eigenvalue weighted by atomic mass is 32.2. The van der Waals surface area contributed by atoms with Crippen LogP contribution in [0.5, 0.6) is 5.75 Å². The first kappa shape index (κ1) is 19.8. The quantitative estimate of drug-likeness (QED) is 0.759. The van der Waals surface area contributed by atoms with E-state index in [1.54, 1.807) is 10.4 Å². The van der Waals surface area contributed by atoms with Gasteiger partial charge >= 0.3 is 0 Å². The lowest BCUT2D eigenvalue weighted by Gasteiger charge is -2.34. The molecular formula is C20H25FN2O3S. The molecule has 0 radical (unpaired) electrons. The van der Waals surface area contributed by atoms with Gasteiger partial charge in [0.1, 0.15) is 0 Å². The average Bonchev–Trinajstić information content (AvgIpc) is 2.64. The van der Waals surface area contributed by atoms with E-state index in [9.17, 15) is 12.8 Å². The largest absolute Gasteiger partial charge is 0.494 e. The first-order valence-corrected chi connectivity index (χ1v) is 10.6. The topological polar surface area (TPSA) is 49.9 Å². The minimum atomic E-state index is -3.34. The Kier molecular flexibility index (Phi) is 6.14. The lowest BCUT2D eigenvalue weighted by Crippen LogP contribution is -2.48. The Labute approximate surface area is 160 Å². The van der Waals surface area contributed by atoms with E-state index in [1.807, 2.05) is 37.3 Å². The molecule has 1 fully saturated rings. The molecule has 27 heavy (non-hydrogen) atoms. The van der Waals surface area contributed by atoms with Crippen molar-refractivity contribution >= 4 is 10.0 Å². The first-order valence-electron chi connectivity index (χ1n) is 8.96. The van der Waals surface area contributed by atoms with Gasteiger partial charge in [-0.2, -0.15) is 4.31 Å². The molecule has 0 amide bonds. The number of methoxy groups -OCH3 is 1. The predicted octanol–water partition coefficient (Wildman–Crippen LogP) is 2.79. The molecular weight excluding hydrogens is 367 g/mol. The molecule has 0 unspecified atom stereocenters. The molecule has 0 saturated carbocycles. The van der Waals surface area contributed by atoms with Crippen LogP contribution in [0.25, 0.3) is 0 Å². The molecule has 0 aromatic heterocycles. The van der Waals surface area contributed by atoms with E-state index in [2.05, 4.69) is 4.90 Å². The second-order valence-electron chi connectivity index (χ2n) is 6.83. The Morgan fingerprint density at radius 1 is 1.07 bits per heavy atom. The summed E-state index contributed by atoms with van der Waals surface area (Å²) in [4.78, 5) is 2.14. The maximum Gasteiger partial charge on any atom is 0.218 e. The van der Waals surface area contributed by atoms with Gasteiger partial charge in [-0.25, -0.2) is 12.8 Å². The van der Waals surface area contributed by atoms with Crippen molar-refractivity contribution in [1.82, 2.24) is 9.21 Å². The number of piperazine rings is 1. The normalized spacial score (nSPS) is 16.4. The molecule has 1 aliphatic heterocycles.